The highest BCUT2D eigenvalue weighted by Crippen LogP contribution is 2.42. The van der Waals surface area contributed by atoms with E-state index in [9.17, 15) is 4.79 Å². The lowest BCUT2D eigenvalue weighted by atomic mass is 9.82. The lowest BCUT2D eigenvalue weighted by molar-refractivity contribution is -0.141. The second-order valence-electron chi connectivity index (χ2n) is 10.0. The van der Waals surface area contributed by atoms with Crippen LogP contribution in [0.15, 0.2) is 54.1 Å². The fourth-order valence-electron chi connectivity index (χ4n) is 4.38. The van der Waals surface area contributed by atoms with Crippen LogP contribution >= 0.6 is 0 Å². The summed E-state index contributed by atoms with van der Waals surface area (Å²) in [6.45, 7) is 11.2. The molecule has 1 aliphatic heterocycles. The van der Waals surface area contributed by atoms with Gasteiger partial charge in [-0.25, -0.2) is 4.79 Å². The van der Waals surface area contributed by atoms with Crippen LogP contribution < -0.4 is 9.47 Å². The smallest absolute Gasteiger partial charge is 0.333 e. The Bertz CT molecular complexity index is 1000. The Morgan fingerprint density at radius 2 is 1.74 bits per heavy atom. The molecule has 0 unspecified atom stereocenters. The molecule has 1 heterocycles. The summed E-state index contributed by atoms with van der Waals surface area (Å²) < 4.78 is 22.9. The summed E-state index contributed by atoms with van der Waals surface area (Å²) in [5.41, 5.74) is 4.29. The van der Waals surface area contributed by atoms with Gasteiger partial charge >= 0.3 is 5.97 Å². The first-order valence-corrected chi connectivity index (χ1v) is 11.9. The van der Waals surface area contributed by atoms with Gasteiger partial charge in [0.15, 0.2) is 11.5 Å². The number of esters is 1. The van der Waals surface area contributed by atoms with E-state index in [0.717, 1.165) is 12.0 Å². The van der Waals surface area contributed by atoms with Crippen LogP contribution in [0.4, 0.5) is 0 Å². The number of rotatable bonds is 8. The Morgan fingerprint density at radius 1 is 1.06 bits per heavy atom. The zero-order chi connectivity index (χ0) is 24.9. The van der Waals surface area contributed by atoms with Gasteiger partial charge in [-0.15, -0.1) is 0 Å². The molecule has 0 saturated carbocycles. The van der Waals surface area contributed by atoms with Crippen molar-refractivity contribution in [1.82, 2.24) is 0 Å². The minimum atomic E-state index is -0.284. The molecule has 184 valence electrons. The van der Waals surface area contributed by atoms with E-state index in [1.807, 2.05) is 25.1 Å². The number of carbonyl (C=O) groups is 1. The lowest BCUT2D eigenvalue weighted by Crippen LogP contribution is -2.24. The summed E-state index contributed by atoms with van der Waals surface area (Å²) in [6, 6.07) is 14.7. The van der Waals surface area contributed by atoms with Crippen molar-refractivity contribution in [3.63, 3.8) is 0 Å². The van der Waals surface area contributed by atoms with Crippen LogP contribution in [-0.4, -0.2) is 33.4 Å². The SMILES string of the molecule is C/C=C(\C)C(=O)OC[C@H]1[C@@H](Cc2ccc(C(C)(C)C)cc2)CO[C@@H]1c1ccc(OC)c(OC)c1. The maximum Gasteiger partial charge on any atom is 0.333 e. The van der Waals surface area contributed by atoms with Crippen LogP contribution in [0.5, 0.6) is 11.5 Å². The van der Waals surface area contributed by atoms with Crippen LogP contribution in [-0.2, 0) is 26.1 Å². The topological polar surface area (TPSA) is 54.0 Å². The van der Waals surface area contributed by atoms with Gasteiger partial charge in [0.05, 0.1) is 33.5 Å². The summed E-state index contributed by atoms with van der Waals surface area (Å²) in [7, 11) is 3.25. The third kappa shape index (κ3) is 6.01. The van der Waals surface area contributed by atoms with Gasteiger partial charge < -0.3 is 18.9 Å². The minimum absolute atomic E-state index is 0.0222. The van der Waals surface area contributed by atoms with E-state index in [-0.39, 0.29) is 29.3 Å². The molecule has 34 heavy (non-hydrogen) atoms. The Kier molecular flexibility index (Phi) is 8.42. The first-order valence-electron chi connectivity index (χ1n) is 11.9. The van der Waals surface area contributed by atoms with Gasteiger partial charge in [-0.05, 0) is 60.4 Å². The zero-order valence-electron chi connectivity index (χ0n) is 21.5. The summed E-state index contributed by atoms with van der Waals surface area (Å²) >= 11 is 0. The molecule has 1 saturated heterocycles. The number of methoxy groups -OCH3 is 2. The number of benzene rings is 2. The predicted molar refractivity (Wildman–Crippen MR) is 134 cm³/mol. The molecule has 0 bridgehead atoms. The van der Waals surface area contributed by atoms with Crippen molar-refractivity contribution in [2.24, 2.45) is 11.8 Å². The number of carbonyl (C=O) groups excluding carboxylic acids is 1. The monoisotopic (exact) mass is 466 g/mol. The molecule has 3 atom stereocenters. The normalized spacial score (nSPS) is 20.8. The third-order valence-electron chi connectivity index (χ3n) is 6.70. The van der Waals surface area contributed by atoms with Crippen LogP contribution in [0.3, 0.4) is 0 Å². The number of hydrogen-bond acceptors (Lipinski definition) is 5. The second-order valence-corrected chi connectivity index (χ2v) is 10.0. The highest BCUT2D eigenvalue weighted by Gasteiger charge is 2.39. The molecule has 2 aromatic rings. The molecule has 5 nitrogen and oxygen atoms in total. The number of ether oxygens (including phenoxy) is 4. The van der Waals surface area contributed by atoms with Crippen LogP contribution in [0, 0.1) is 11.8 Å². The van der Waals surface area contributed by atoms with E-state index < -0.39 is 0 Å². The van der Waals surface area contributed by atoms with Crippen molar-refractivity contribution in [2.45, 2.75) is 52.6 Å². The van der Waals surface area contributed by atoms with Gasteiger partial charge in [0.25, 0.3) is 0 Å². The highest BCUT2D eigenvalue weighted by atomic mass is 16.5. The van der Waals surface area contributed by atoms with Crippen LogP contribution in [0.2, 0.25) is 0 Å². The van der Waals surface area contributed by atoms with Crippen molar-refractivity contribution in [3.05, 3.63) is 70.8 Å². The average Bonchev–Trinajstić information content (AvgIpc) is 3.23. The van der Waals surface area contributed by atoms with E-state index in [2.05, 4.69) is 45.0 Å². The van der Waals surface area contributed by atoms with Gasteiger partial charge in [-0.2, -0.15) is 0 Å². The molecule has 1 aliphatic rings. The maximum atomic E-state index is 12.4. The standard InChI is InChI=1S/C29H38O5/c1-8-19(2)28(30)34-18-24-22(15-20-9-12-23(13-10-20)29(3,4)5)17-33-27(24)21-11-14-25(31-6)26(16-21)32-7/h8-14,16,22,24,27H,15,17-18H2,1-7H3/b19-8+/t22-,24-,27+/m0/s1. The highest BCUT2D eigenvalue weighted by molar-refractivity contribution is 5.87. The van der Waals surface area contributed by atoms with Crippen molar-refractivity contribution in [1.29, 1.82) is 0 Å². The summed E-state index contributed by atoms with van der Waals surface area (Å²) in [6.07, 6.45) is 2.43. The zero-order valence-corrected chi connectivity index (χ0v) is 21.5. The molecule has 0 amide bonds. The molecular formula is C29H38O5. The molecule has 0 N–H and O–H groups in total. The maximum absolute atomic E-state index is 12.4. The minimum Gasteiger partial charge on any atom is -0.493 e. The van der Waals surface area contributed by atoms with Crippen molar-refractivity contribution in [2.75, 3.05) is 27.4 Å². The Morgan fingerprint density at radius 3 is 2.32 bits per heavy atom. The molecule has 5 heteroatoms. The van der Waals surface area contributed by atoms with Crippen LogP contribution in [0.25, 0.3) is 0 Å². The first-order chi connectivity index (χ1) is 16.2. The van der Waals surface area contributed by atoms with E-state index >= 15 is 0 Å². The van der Waals surface area contributed by atoms with E-state index in [1.54, 1.807) is 27.2 Å². The molecule has 0 aromatic heterocycles. The Hall–Kier alpha value is -2.79. The Labute approximate surface area is 204 Å². The molecule has 0 spiro atoms. The van der Waals surface area contributed by atoms with Gasteiger partial charge in [-0.1, -0.05) is 57.2 Å². The fourth-order valence-corrected chi connectivity index (χ4v) is 4.38. The lowest BCUT2D eigenvalue weighted by Gasteiger charge is -2.24. The summed E-state index contributed by atoms with van der Waals surface area (Å²) in [5, 5.41) is 0. The van der Waals surface area contributed by atoms with E-state index in [0.29, 0.717) is 30.3 Å². The molecule has 1 fully saturated rings. The van der Waals surface area contributed by atoms with Gasteiger partial charge in [0.2, 0.25) is 0 Å². The second kappa shape index (κ2) is 11.1. The molecule has 0 aliphatic carbocycles. The van der Waals surface area contributed by atoms with Gasteiger partial charge in [0.1, 0.15) is 0 Å². The molecule has 3 rings (SSSR count). The van der Waals surface area contributed by atoms with Crippen molar-refractivity contribution < 1.29 is 23.7 Å². The summed E-state index contributed by atoms with van der Waals surface area (Å²) in [4.78, 5) is 12.4. The number of hydrogen-bond donors (Lipinski definition) is 0. The molecule has 2 aromatic carbocycles. The molecule has 0 radical (unpaired) electrons. The van der Waals surface area contributed by atoms with E-state index in [1.165, 1.54) is 11.1 Å². The van der Waals surface area contributed by atoms with E-state index in [4.69, 9.17) is 18.9 Å². The first kappa shape index (κ1) is 25.8. The van der Waals surface area contributed by atoms with Crippen LogP contribution in [0.1, 0.15) is 57.4 Å². The van der Waals surface area contributed by atoms with Gasteiger partial charge in [-0.3, -0.25) is 0 Å². The summed E-state index contributed by atoms with van der Waals surface area (Å²) in [5.74, 6) is 1.29. The van der Waals surface area contributed by atoms with Crippen molar-refractivity contribution in [3.8, 4) is 11.5 Å². The third-order valence-corrected chi connectivity index (χ3v) is 6.70. The largest absolute Gasteiger partial charge is 0.493 e. The Balaban J connectivity index is 1.84. The quantitative estimate of drug-likeness (QED) is 0.350. The fraction of sp³-hybridized carbons (Fsp3) is 0.483. The molecular weight excluding hydrogens is 428 g/mol. The van der Waals surface area contributed by atoms with Crippen molar-refractivity contribution >= 4 is 5.97 Å². The van der Waals surface area contributed by atoms with Gasteiger partial charge in [0, 0.05) is 11.5 Å². The number of allylic oxidation sites excluding steroid dienone is 1. The average molecular weight is 467 g/mol. The predicted octanol–water partition coefficient (Wildman–Crippen LogP) is 6.06.